The molecule has 2 heterocycles. The summed E-state index contributed by atoms with van der Waals surface area (Å²) in [6.07, 6.45) is 1.09. The number of benzene rings is 2. The first-order valence-corrected chi connectivity index (χ1v) is 10.3. The molecule has 7 heteroatoms. The van der Waals surface area contributed by atoms with E-state index in [1.165, 1.54) is 0 Å². The number of nitrogens with one attached hydrogen (secondary N) is 1. The van der Waals surface area contributed by atoms with E-state index in [-0.39, 0.29) is 5.91 Å². The molecule has 6 nitrogen and oxygen atoms in total. The smallest absolute Gasteiger partial charge is 0.224 e. The van der Waals surface area contributed by atoms with Crippen molar-refractivity contribution < 1.29 is 9.53 Å². The SMILES string of the molecule is COc1ccc(-c2nc3scc(CCNC(=O)Cc4cccc(C)c4)n3n2)cc1. The predicted molar refractivity (Wildman–Crippen MR) is 114 cm³/mol. The van der Waals surface area contributed by atoms with Gasteiger partial charge >= 0.3 is 0 Å². The molecule has 0 aliphatic rings. The Morgan fingerprint density at radius 1 is 1.21 bits per heavy atom. The van der Waals surface area contributed by atoms with Gasteiger partial charge in [-0.2, -0.15) is 4.98 Å². The normalized spacial score (nSPS) is 11.0. The highest BCUT2D eigenvalue weighted by Gasteiger charge is 2.12. The largest absolute Gasteiger partial charge is 0.497 e. The Kier molecular flexibility index (Phi) is 5.57. The Morgan fingerprint density at radius 3 is 2.79 bits per heavy atom. The van der Waals surface area contributed by atoms with E-state index < -0.39 is 0 Å². The third-order valence-corrected chi connectivity index (χ3v) is 5.51. The van der Waals surface area contributed by atoms with Crippen molar-refractivity contribution in [1.29, 1.82) is 0 Å². The molecular weight excluding hydrogens is 384 g/mol. The molecule has 0 saturated carbocycles. The number of aryl methyl sites for hydroxylation is 1. The van der Waals surface area contributed by atoms with Gasteiger partial charge in [-0.1, -0.05) is 29.8 Å². The van der Waals surface area contributed by atoms with Crippen LogP contribution in [0.1, 0.15) is 16.8 Å². The summed E-state index contributed by atoms with van der Waals surface area (Å²) in [6.45, 7) is 2.59. The fraction of sp³-hybridized carbons (Fsp3) is 0.227. The van der Waals surface area contributed by atoms with Crippen LogP contribution < -0.4 is 10.1 Å². The van der Waals surface area contributed by atoms with Crippen LogP contribution in [-0.4, -0.2) is 34.2 Å². The summed E-state index contributed by atoms with van der Waals surface area (Å²) in [5.74, 6) is 1.51. The molecule has 0 spiro atoms. The van der Waals surface area contributed by atoms with Crippen LogP contribution in [-0.2, 0) is 17.6 Å². The molecule has 0 radical (unpaired) electrons. The average molecular weight is 407 g/mol. The first kappa shape index (κ1) is 19.1. The second-order valence-corrected chi connectivity index (χ2v) is 7.69. The molecule has 0 aliphatic carbocycles. The highest BCUT2D eigenvalue weighted by Crippen LogP contribution is 2.23. The second-order valence-electron chi connectivity index (χ2n) is 6.85. The number of rotatable bonds is 7. The minimum absolute atomic E-state index is 0.0274. The molecule has 2 aromatic carbocycles. The molecule has 0 aliphatic heterocycles. The van der Waals surface area contributed by atoms with Gasteiger partial charge in [0.2, 0.25) is 10.9 Å². The van der Waals surface area contributed by atoms with Crippen molar-refractivity contribution in [2.45, 2.75) is 19.8 Å². The van der Waals surface area contributed by atoms with E-state index in [2.05, 4.69) is 15.4 Å². The van der Waals surface area contributed by atoms with Crippen LogP contribution in [0.25, 0.3) is 16.3 Å². The van der Waals surface area contributed by atoms with Crippen molar-refractivity contribution in [1.82, 2.24) is 19.9 Å². The molecule has 4 rings (SSSR count). The quantitative estimate of drug-likeness (QED) is 0.508. The first-order valence-electron chi connectivity index (χ1n) is 9.42. The molecule has 29 heavy (non-hydrogen) atoms. The molecule has 0 bridgehead atoms. The number of ether oxygens (including phenoxy) is 1. The lowest BCUT2D eigenvalue weighted by molar-refractivity contribution is -0.120. The molecule has 4 aromatic rings. The zero-order valence-electron chi connectivity index (χ0n) is 16.4. The van der Waals surface area contributed by atoms with E-state index in [1.807, 2.05) is 65.4 Å². The third kappa shape index (κ3) is 4.46. The molecule has 2 aromatic heterocycles. The summed E-state index contributed by atoms with van der Waals surface area (Å²) in [6, 6.07) is 15.7. The predicted octanol–water partition coefficient (Wildman–Crippen LogP) is 3.68. The monoisotopic (exact) mass is 406 g/mol. The number of carbonyl (C=O) groups is 1. The van der Waals surface area contributed by atoms with Crippen LogP contribution in [0.4, 0.5) is 0 Å². The van der Waals surface area contributed by atoms with Crippen LogP contribution in [0.15, 0.2) is 53.9 Å². The first-order chi connectivity index (χ1) is 14.1. The Hall–Kier alpha value is -3.19. The van der Waals surface area contributed by atoms with Gasteiger partial charge in [-0.25, -0.2) is 4.52 Å². The number of carbonyl (C=O) groups excluding carboxylic acids is 1. The minimum atomic E-state index is 0.0274. The van der Waals surface area contributed by atoms with E-state index in [0.29, 0.717) is 25.2 Å². The van der Waals surface area contributed by atoms with Crippen molar-refractivity contribution >= 4 is 22.2 Å². The summed E-state index contributed by atoms with van der Waals surface area (Å²) in [5, 5.41) is 9.67. The van der Waals surface area contributed by atoms with Crippen LogP contribution in [0, 0.1) is 6.92 Å². The number of amides is 1. The minimum Gasteiger partial charge on any atom is -0.497 e. The maximum Gasteiger partial charge on any atom is 0.224 e. The van der Waals surface area contributed by atoms with Gasteiger partial charge in [-0.3, -0.25) is 4.79 Å². The number of hydrogen-bond acceptors (Lipinski definition) is 5. The zero-order chi connectivity index (χ0) is 20.2. The second kappa shape index (κ2) is 8.45. The summed E-state index contributed by atoms with van der Waals surface area (Å²) >= 11 is 1.55. The van der Waals surface area contributed by atoms with E-state index in [1.54, 1.807) is 18.4 Å². The van der Waals surface area contributed by atoms with E-state index in [0.717, 1.165) is 33.1 Å². The van der Waals surface area contributed by atoms with Gasteiger partial charge in [0.25, 0.3) is 0 Å². The molecule has 0 unspecified atom stereocenters. The summed E-state index contributed by atoms with van der Waals surface area (Å²) in [7, 11) is 1.64. The number of hydrogen-bond donors (Lipinski definition) is 1. The van der Waals surface area contributed by atoms with E-state index in [4.69, 9.17) is 4.74 Å². The summed E-state index contributed by atoms with van der Waals surface area (Å²) in [4.78, 5) is 17.7. The van der Waals surface area contributed by atoms with Crippen molar-refractivity contribution in [3.05, 3.63) is 70.7 Å². The average Bonchev–Trinajstić information content (AvgIpc) is 3.30. The van der Waals surface area contributed by atoms with Gasteiger partial charge < -0.3 is 10.1 Å². The maximum atomic E-state index is 12.2. The third-order valence-electron chi connectivity index (χ3n) is 4.65. The van der Waals surface area contributed by atoms with Gasteiger partial charge in [0.15, 0.2) is 5.82 Å². The zero-order valence-corrected chi connectivity index (χ0v) is 17.2. The van der Waals surface area contributed by atoms with Crippen molar-refractivity contribution in [3.63, 3.8) is 0 Å². The molecule has 1 amide bonds. The van der Waals surface area contributed by atoms with Crippen molar-refractivity contribution in [2.75, 3.05) is 13.7 Å². The van der Waals surface area contributed by atoms with Crippen LogP contribution in [0.2, 0.25) is 0 Å². The number of methoxy groups -OCH3 is 1. The van der Waals surface area contributed by atoms with E-state index >= 15 is 0 Å². The number of thiazole rings is 1. The van der Waals surface area contributed by atoms with Gasteiger partial charge in [0, 0.05) is 23.9 Å². The summed E-state index contributed by atoms with van der Waals surface area (Å²) in [5.41, 5.74) is 4.17. The Morgan fingerprint density at radius 2 is 2.03 bits per heavy atom. The molecule has 0 fully saturated rings. The highest BCUT2D eigenvalue weighted by molar-refractivity contribution is 7.15. The lowest BCUT2D eigenvalue weighted by atomic mass is 10.1. The molecule has 148 valence electrons. The Bertz CT molecular complexity index is 1130. The fourth-order valence-corrected chi connectivity index (χ4v) is 4.02. The number of aromatic nitrogens is 3. The van der Waals surface area contributed by atoms with Gasteiger partial charge in [-0.15, -0.1) is 16.4 Å². The molecular formula is C22H22N4O2S. The van der Waals surface area contributed by atoms with Gasteiger partial charge in [0.1, 0.15) is 5.75 Å². The van der Waals surface area contributed by atoms with Gasteiger partial charge in [-0.05, 0) is 36.8 Å². The topological polar surface area (TPSA) is 68.5 Å². The highest BCUT2D eigenvalue weighted by atomic mass is 32.1. The van der Waals surface area contributed by atoms with Crippen LogP contribution >= 0.6 is 11.3 Å². The van der Waals surface area contributed by atoms with Crippen LogP contribution in [0.5, 0.6) is 5.75 Å². The standard InChI is InChI=1S/C22H22N4O2S/c1-15-4-3-5-16(12-15)13-20(27)23-11-10-18-14-29-22-24-21(25-26(18)22)17-6-8-19(28-2)9-7-17/h3-9,12,14H,10-11,13H2,1-2H3,(H,23,27). The van der Waals surface area contributed by atoms with E-state index in [9.17, 15) is 4.79 Å². The Balaban J connectivity index is 1.38. The fourth-order valence-electron chi connectivity index (χ4n) is 3.16. The lowest BCUT2D eigenvalue weighted by Crippen LogP contribution is -2.27. The van der Waals surface area contributed by atoms with Crippen molar-refractivity contribution in [2.24, 2.45) is 0 Å². The van der Waals surface area contributed by atoms with Crippen LogP contribution in [0.3, 0.4) is 0 Å². The molecule has 0 atom stereocenters. The number of fused-ring (bicyclic) bond motifs is 1. The van der Waals surface area contributed by atoms with Crippen molar-refractivity contribution in [3.8, 4) is 17.1 Å². The molecule has 0 saturated heterocycles. The lowest BCUT2D eigenvalue weighted by Gasteiger charge is -2.05. The Labute approximate surface area is 173 Å². The summed E-state index contributed by atoms with van der Waals surface area (Å²) < 4.78 is 7.05. The van der Waals surface area contributed by atoms with Gasteiger partial charge in [0.05, 0.1) is 19.2 Å². The maximum absolute atomic E-state index is 12.2. The number of nitrogens with zero attached hydrogens (tertiary/aromatic N) is 3. The molecule has 1 N–H and O–H groups in total.